The SMILES string of the molecule is Cc1nc(C(=O)N2C[C@@H](C(=O)O)[C@H](c3ccccn3)C2)cs1. The lowest BCUT2D eigenvalue weighted by atomic mass is 9.93. The van der Waals surface area contributed by atoms with Gasteiger partial charge in [-0.25, -0.2) is 4.98 Å². The third-order valence-electron chi connectivity index (χ3n) is 3.83. The van der Waals surface area contributed by atoms with Crippen LogP contribution in [-0.2, 0) is 4.79 Å². The van der Waals surface area contributed by atoms with E-state index in [-0.39, 0.29) is 18.4 Å². The monoisotopic (exact) mass is 317 g/mol. The second kappa shape index (κ2) is 5.84. The second-order valence-electron chi connectivity index (χ2n) is 5.27. The average Bonchev–Trinajstić information content (AvgIpc) is 3.14. The van der Waals surface area contributed by atoms with Crippen LogP contribution in [-0.4, -0.2) is 44.9 Å². The molecule has 0 spiro atoms. The molecule has 0 unspecified atom stereocenters. The lowest BCUT2D eigenvalue weighted by molar-refractivity contribution is -0.141. The first-order valence-corrected chi connectivity index (χ1v) is 7.79. The quantitative estimate of drug-likeness (QED) is 0.933. The largest absolute Gasteiger partial charge is 0.481 e. The summed E-state index contributed by atoms with van der Waals surface area (Å²) >= 11 is 1.41. The van der Waals surface area contributed by atoms with E-state index in [0.717, 1.165) is 5.01 Å². The lowest BCUT2D eigenvalue weighted by Crippen LogP contribution is -2.30. The number of aryl methyl sites for hydroxylation is 1. The molecule has 0 bridgehead atoms. The van der Waals surface area contributed by atoms with E-state index >= 15 is 0 Å². The van der Waals surface area contributed by atoms with Crippen molar-refractivity contribution in [1.29, 1.82) is 0 Å². The van der Waals surface area contributed by atoms with Gasteiger partial charge in [-0.05, 0) is 19.1 Å². The predicted molar refractivity (Wildman–Crippen MR) is 80.9 cm³/mol. The van der Waals surface area contributed by atoms with Gasteiger partial charge in [0.05, 0.1) is 10.9 Å². The smallest absolute Gasteiger partial charge is 0.309 e. The van der Waals surface area contributed by atoms with Gasteiger partial charge in [-0.2, -0.15) is 0 Å². The van der Waals surface area contributed by atoms with Crippen LogP contribution in [0.1, 0.15) is 27.1 Å². The number of rotatable bonds is 3. The molecule has 2 aromatic heterocycles. The van der Waals surface area contributed by atoms with Gasteiger partial charge in [0.15, 0.2) is 0 Å². The Hall–Kier alpha value is -2.28. The summed E-state index contributed by atoms with van der Waals surface area (Å²) in [4.78, 5) is 34.0. The maximum absolute atomic E-state index is 12.5. The fourth-order valence-corrected chi connectivity index (χ4v) is 3.33. The van der Waals surface area contributed by atoms with Crippen LogP contribution in [0.25, 0.3) is 0 Å². The highest BCUT2D eigenvalue weighted by Crippen LogP contribution is 2.32. The molecule has 1 amide bonds. The van der Waals surface area contributed by atoms with Crippen LogP contribution in [0, 0.1) is 12.8 Å². The topological polar surface area (TPSA) is 83.4 Å². The van der Waals surface area contributed by atoms with Crippen LogP contribution in [0.2, 0.25) is 0 Å². The summed E-state index contributed by atoms with van der Waals surface area (Å²) in [5.41, 5.74) is 1.09. The first kappa shape index (κ1) is 14.6. The molecule has 0 radical (unpaired) electrons. The van der Waals surface area contributed by atoms with Gasteiger partial charge < -0.3 is 10.0 Å². The summed E-state index contributed by atoms with van der Waals surface area (Å²) < 4.78 is 0. The lowest BCUT2D eigenvalue weighted by Gasteiger charge is -2.14. The Balaban J connectivity index is 1.84. The zero-order chi connectivity index (χ0) is 15.7. The number of thiazole rings is 1. The van der Waals surface area contributed by atoms with Crippen LogP contribution >= 0.6 is 11.3 Å². The molecule has 0 saturated carbocycles. The van der Waals surface area contributed by atoms with E-state index in [9.17, 15) is 14.7 Å². The van der Waals surface area contributed by atoms with Crippen molar-refractivity contribution in [2.45, 2.75) is 12.8 Å². The van der Waals surface area contributed by atoms with Gasteiger partial charge in [-0.3, -0.25) is 14.6 Å². The molecule has 0 aliphatic carbocycles. The van der Waals surface area contributed by atoms with E-state index in [0.29, 0.717) is 17.9 Å². The van der Waals surface area contributed by atoms with Gasteiger partial charge in [-0.1, -0.05) is 6.07 Å². The van der Waals surface area contributed by atoms with Crippen LogP contribution < -0.4 is 0 Å². The summed E-state index contributed by atoms with van der Waals surface area (Å²) in [6, 6.07) is 5.42. The van der Waals surface area contributed by atoms with Crippen LogP contribution in [0.4, 0.5) is 0 Å². The molecule has 1 aliphatic rings. The second-order valence-corrected chi connectivity index (χ2v) is 6.33. The van der Waals surface area contributed by atoms with Gasteiger partial charge >= 0.3 is 5.97 Å². The van der Waals surface area contributed by atoms with Crippen molar-refractivity contribution in [3.63, 3.8) is 0 Å². The maximum Gasteiger partial charge on any atom is 0.309 e. The molecule has 1 N–H and O–H groups in total. The van der Waals surface area contributed by atoms with Crippen molar-refractivity contribution >= 4 is 23.2 Å². The summed E-state index contributed by atoms with van der Waals surface area (Å²) in [5, 5.41) is 12.0. The third-order valence-corrected chi connectivity index (χ3v) is 4.60. The molecule has 22 heavy (non-hydrogen) atoms. The summed E-state index contributed by atoms with van der Waals surface area (Å²) in [7, 11) is 0. The number of hydrogen-bond acceptors (Lipinski definition) is 5. The molecule has 0 aromatic carbocycles. The van der Waals surface area contributed by atoms with E-state index in [1.54, 1.807) is 22.5 Å². The standard InChI is InChI=1S/C15H15N3O3S/c1-9-17-13(8-22-9)14(19)18-6-10(11(7-18)15(20)21)12-4-2-3-5-16-12/h2-5,8,10-11H,6-7H2,1H3,(H,20,21)/t10-,11-/m1/s1. The molecular formula is C15H15N3O3S. The van der Waals surface area contributed by atoms with E-state index in [2.05, 4.69) is 9.97 Å². The average molecular weight is 317 g/mol. The molecule has 1 fully saturated rings. The molecule has 6 nitrogen and oxygen atoms in total. The normalized spacial score (nSPS) is 21.0. The van der Waals surface area contributed by atoms with Crippen molar-refractivity contribution in [3.05, 3.63) is 46.2 Å². The summed E-state index contributed by atoms with van der Waals surface area (Å²) in [6.07, 6.45) is 1.64. The highest BCUT2D eigenvalue weighted by molar-refractivity contribution is 7.09. The molecular weight excluding hydrogens is 302 g/mol. The number of carboxylic acids is 1. The Labute approximate surface area is 131 Å². The number of carbonyl (C=O) groups excluding carboxylic acids is 1. The van der Waals surface area contributed by atoms with Gasteiger partial charge in [0.2, 0.25) is 0 Å². The van der Waals surface area contributed by atoms with Crippen molar-refractivity contribution in [3.8, 4) is 0 Å². The zero-order valence-corrected chi connectivity index (χ0v) is 12.8. The molecule has 3 rings (SSSR count). The van der Waals surface area contributed by atoms with Crippen molar-refractivity contribution in [2.75, 3.05) is 13.1 Å². The van der Waals surface area contributed by atoms with Gasteiger partial charge in [-0.15, -0.1) is 11.3 Å². The molecule has 3 heterocycles. The van der Waals surface area contributed by atoms with E-state index in [4.69, 9.17) is 0 Å². The fourth-order valence-electron chi connectivity index (χ4n) is 2.74. The Morgan fingerprint density at radius 3 is 2.77 bits per heavy atom. The van der Waals surface area contributed by atoms with Crippen LogP contribution in [0.15, 0.2) is 29.8 Å². The molecule has 1 saturated heterocycles. The van der Waals surface area contributed by atoms with Gasteiger partial charge in [0.1, 0.15) is 5.69 Å². The first-order valence-electron chi connectivity index (χ1n) is 6.91. The molecule has 1 aliphatic heterocycles. The molecule has 114 valence electrons. The minimum atomic E-state index is -0.902. The highest BCUT2D eigenvalue weighted by atomic mass is 32.1. The third kappa shape index (κ3) is 2.71. The fraction of sp³-hybridized carbons (Fsp3) is 0.333. The Bertz CT molecular complexity index is 701. The Kier molecular flexibility index (Phi) is 3.89. The van der Waals surface area contributed by atoms with E-state index in [1.165, 1.54) is 11.3 Å². The van der Waals surface area contributed by atoms with Crippen molar-refractivity contribution in [1.82, 2.24) is 14.9 Å². The van der Waals surface area contributed by atoms with Crippen molar-refractivity contribution < 1.29 is 14.7 Å². The number of aliphatic carboxylic acids is 1. The predicted octanol–water partition coefficient (Wildman–Crippen LogP) is 1.79. The van der Waals surface area contributed by atoms with Crippen LogP contribution in [0.3, 0.4) is 0 Å². The maximum atomic E-state index is 12.5. The Morgan fingerprint density at radius 2 is 2.18 bits per heavy atom. The molecule has 7 heteroatoms. The first-order chi connectivity index (χ1) is 10.6. The summed E-state index contributed by atoms with van der Waals surface area (Å²) in [6.45, 7) is 2.37. The Morgan fingerprint density at radius 1 is 1.36 bits per heavy atom. The van der Waals surface area contributed by atoms with Crippen LogP contribution in [0.5, 0.6) is 0 Å². The number of hydrogen-bond donors (Lipinski definition) is 1. The van der Waals surface area contributed by atoms with Crippen molar-refractivity contribution in [2.24, 2.45) is 5.92 Å². The number of likely N-dealkylation sites (tertiary alicyclic amines) is 1. The van der Waals surface area contributed by atoms with Gasteiger partial charge in [0, 0.05) is 36.3 Å². The van der Waals surface area contributed by atoms with E-state index < -0.39 is 11.9 Å². The molecule has 2 aromatic rings. The number of pyridine rings is 1. The van der Waals surface area contributed by atoms with E-state index in [1.807, 2.05) is 19.1 Å². The number of amides is 1. The minimum Gasteiger partial charge on any atom is -0.481 e. The number of carbonyl (C=O) groups is 2. The zero-order valence-electron chi connectivity index (χ0n) is 12.0. The molecule has 2 atom stereocenters. The number of aromatic nitrogens is 2. The number of carboxylic acid groups (broad SMARTS) is 1. The minimum absolute atomic E-state index is 0.186. The van der Waals surface area contributed by atoms with Gasteiger partial charge in [0.25, 0.3) is 5.91 Å². The number of nitrogens with zero attached hydrogens (tertiary/aromatic N) is 3. The summed E-state index contributed by atoms with van der Waals surface area (Å²) in [5.74, 6) is -2.05. The highest BCUT2D eigenvalue weighted by Gasteiger charge is 2.41.